The van der Waals surface area contributed by atoms with Crippen LogP contribution in [0.3, 0.4) is 0 Å². The number of hydrogen-bond donors (Lipinski definition) is 1. The third-order valence-electron chi connectivity index (χ3n) is 3.12. The van der Waals surface area contributed by atoms with E-state index in [2.05, 4.69) is 0 Å². The molecule has 0 saturated carbocycles. The summed E-state index contributed by atoms with van der Waals surface area (Å²) >= 11 is 1.62. The third-order valence-corrected chi connectivity index (χ3v) is 4.35. The van der Waals surface area contributed by atoms with Crippen molar-refractivity contribution in [1.82, 2.24) is 4.57 Å². The minimum atomic E-state index is -0.237. The summed E-state index contributed by atoms with van der Waals surface area (Å²) in [4.78, 5) is 14.1. The molecule has 16 heavy (non-hydrogen) atoms. The summed E-state index contributed by atoms with van der Waals surface area (Å²) in [5.41, 5.74) is 1.41. The van der Waals surface area contributed by atoms with Gasteiger partial charge < -0.3 is 9.67 Å². The molecule has 0 bridgehead atoms. The molecular weight excluding hydrogens is 222 g/mol. The molecule has 0 aliphatic carbocycles. The van der Waals surface area contributed by atoms with Gasteiger partial charge in [0.1, 0.15) is 4.83 Å². The van der Waals surface area contributed by atoms with Crippen molar-refractivity contribution in [3.63, 3.8) is 0 Å². The molecule has 1 N–H and O–H groups in total. The van der Waals surface area contributed by atoms with Gasteiger partial charge in [-0.1, -0.05) is 0 Å². The van der Waals surface area contributed by atoms with Crippen LogP contribution >= 0.6 is 11.3 Å². The molecule has 0 aromatic carbocycles. The maximum absolute atomic E-state index is 12.0. The smallest absolute Gasteiger partial charge is 0.232 e. The van der Waals surface area contributed by atoms with E-state index in [1.165, 1.54) is 0 Å². The normalized spacial score (nSPS) is 11.2. The van der Waals surface area contributed by atoms with Gasteiger partial charge in [-0.25, -0.2) is 0 Å². The Morgan fingerprint density at radius 2 is 1.94 bits per heavy atom. The zero-order valence-corrected chi connectivity index (χ0v) is 10.7. The topological polar surface area (TPSA) is 42.2 Å². The molecule has 0 amide bonds. The standard InChI is InChI=1S/C12H15NO2S/c1-5-13-7(3)10(14)11(15)9-6(2)8(4)16-12(9)13/h14H,5H2,1-4H3. The first kappa shape index (κ1) is 11.2. The van der Waals surface area contributed by atoms with Gasteiger partial charge in [-0.05, 0) is 33.3 Å². The highest BCUT2D eigenvalue weighted by Crippen LogP contribution is 2.30. The van der Waals surface area contributed by atoms with Crippen LogP contribution < -0.4 is 5.43 Å². The van der Waals surface area contributed by atoms with Gasteiger partial charge in [0, 0.05) is 11.4 Å². The minimum absolute atomic E-state index is 0.116. The highest BCUT2D eigenvalue weighted by molar-refractivity contribution is 7.18. The third kappa shape index (κ3) is 1.29. The molecule has 0 radical (unpaired) electrons. The van der Waals surface area contributed by atoms with Crippen molar-refractivity contribution in [3.8, 4) is 5.75 Å². The predicted octanol–water partition coefficient (Wildman–Crippen LogP) is 2.71. The first-order chi connectivity index (χ1) is 7.49. The summed E-state index contributed by atoms with van der Waals surface area (Å²) in [5.74, 6) is -0.116. The molecule has 86 valence electrons. The van der Waals surface area contributed by atoms with Gasteiger partial charge in [0.15, 0.2) is 5.75 Å². The van der Waals surface area contributed by atoms with E-state index in [4.69, 9.17) is 0 Å². The fourth-order valence-corrected chi connectivity index (χ4v) is 3.28. The minimum Gasteiger partial charge on any atom is -0.503 e. The summed E-state index contributed by atoms with van der Waals surface area (Å²) in [6, 6.07) is 0. The largest absolute Gasteiger partial charge is 0.503 e. The fourth-order valence-electron chi connectivity index (χ4n) is 2.01. The van der Waals surface area contributed by atoms with E-state index in [0.29, 0.717) is 11.1 Å². The highest BCUT2D eigenvalue weighted by atomic mass is 32.1. The van der Waals surface area contributed by atoms with E-state index in [0.717, 1.165) is 21.8 Å². The number of aromatic hydroxyl groups is 1. The van der Waals surface area contributed by atoms with Crippen LogP contribution in [-0.4, -0.2) is 9.67 Å². The molecule has 2 aromatic heterocycles. The summed E-state index contributed by atoms with van der Waals surface area (Å²) in [6.45, 7) is 8.50. The number of aromatic nitrogens is 1. The average molecular weight is 237 g/mol. The van der Waals surface area contributed by atoms with E-state index >= 15 is 0 Å². The fraction of sp³-hybridized carbons (Fsp3) is 0.417. The molecule has 0 aliphatic heterocycles. The molecule has 2 heterocycles. The molecule has 0 unspecified atom stereocenters. The summed E-state index contributed by atoms with van der Waals surface area (Å²) in [5, 5.41) is 10.5. The maximum Gasteiger partial charge on any atom is 0.232 e. The quantitative estimate of drug-likeness (QED) is 0.828. The molecule has 2 aromatic rings. The lowest BCUT2D eigenvalue weighted by atomic mass is 10.1. The predicted molar refractivity (Wildman–Crippen MR) is 67.6 cm³/mol. The zero-order chi connectivity index (χ0) is 12.0. The van der Waals surface area contributed by atoms with Gasteiger partial charge in [-0.3, -0.25) is 4.79 Å². The first-order valence-electron chi connectivity index (χ1n) is 5.31. The van der Waals surface area contributed by atoms with E-state index in [1.807, 2.05) is 25.3 Å². The van der Waals surface area contributed by atoms with E-state index in [1.54, 1.807) is 18.3 Å². The number of fused-ring (bicyclic) bond motifs is 1. The Morgan fingerprint density at radius 3 is 2.50 bits per heavy atom. The number of aryl methyl sites for hydroxylation is 3. The van der Waals surface area contributed by atoms with Crippen LogP contribution in [0.15, 0.2) is 4.79 Å². The van der Waals surface area contributed by atoms with Crippen molar-refractivity contribution >= 4 is 21.6 Å². The van der Waals surface area contributed by atoms with E-state index in [9.17, 15) is 9.90 Å². The number of thiophene rings is 1. The van der Waals surface area contributed by atoms with Gasteiger partial charge in [-0.2, -0.15) is 0 Å². The van der Waals surface area contributed by atoms with Crippen LogP contribution in [0.2, 0.25) is 0 Å². The van der Waals surface area contributed by atoms with Crippen molar-refractivity contribution in [2.75, 3.05) is 0 Å². The van der Waals surface area contributed by atoms with Crippen molar-refractivity contribution in [1.29, 1.82) is 0 Å². The first-order valence-corrected chi connectivity index (χ1v) is 6.12. The van der Waals surface area contributed by atoms with Crippen molar-refractivity contribution in [2.24, 2.45) is 0 Å². The second-order valence-corrected chi connectivity index (χ2v) is 5.17. The Hall–Kier alpha value is -1.29. The molecule has 0 fully saturated rings. The van der Waals surface area contributed by atoms with Gasteiger partial charge in [0.25, 0.3) is 0 Å². The van der Waals surface area contributed by atoms with Gasteiger partial charge in [0.05, 0.1) is 11.1 Å². The molecule has 3 nitrogen and oxygen atoms in total. The van der Waals surface area contributed by atoms with E-state index in [-0.39, 0.29) is 11.2 Å². The van der Waals surface area contributed by atoms with Crippen LogP contribution in [0.5, 0.6) is 5.75 Å². The van der Waals surface area contributed by atoms with Crippen LogP contribution in [0.1, 0.15) is 23.1 Å². The van der Waals surface area contributed by atoms with Crippen molar-refractivity contribution in [2.45, 2.75) is 34.2 Å². The zero-order valence-electron chi connectivity index (χ0n) is 9.92. The molecular formula is C12H15NO2S. The lowest BCUT2D eigenvalue weighted by Crippen LogP contribution is -2.11. The summed E-state index contributed by atoms with van der Waals surface area (Å²) in [6.07, 6.45) is 0. The van der Waals surface area contributed by atoms with E-state index < -0.39 is 0 Å². The Labute approximate surface area is 98.0 Å². The molecule has 0 aliphatic rings. The summed E-state index contributed by atoms with van der Waals surface area (Å²) < 4.78 is 2.00. The number of pyridine rings is 1. The number of nitrogens with zero attached hydrogens (tertiary/aromatic N) is 1. The Morgan fingerprint density at radius 1 is 1.31 bits per heavy atom. The summed E-state index contributed by atoms with van der Waals surface area (Å²) in [7, 11) is 0. The van der Waals surface area contributed by atoms with Crippen LogP contribution in [-0.2, 0) is 6.54 Å². The Kier molecular flexibility index (Phi) is 2.54. The molecule has 0 spiro atoms. The van der Waals surface area contributed by atoms with Gasteiger partial charge in [-0.15, -0.1) is 11.3 Å². The molecule has 0 atom stereocenters. The highest BCUT2D eigenvalue weighted by Gasteiger charge is 2.17. The Bertz CT molecular complexity index is 622. The maximum atomic E-state index is 12.0. The van der Waals surface area contributed by atoms with Gasteiger partial charge >= 0.3 is 0 Å². The SMILES string of the molecule is CCn1c(C)c(O)c(=O)c2c(C)c(C)sc21. The lowest BCUT2D eigenvalue weighted by molar-refractivity contribution is 0.457. The number of rotatable bonds is 1. The van der Waals surface area contributed by atoms with Crippen LogP contribution in [0.25, 0.3) is 10.2 Å². The monoisotopic (exact) mass is 237 g/mol. The molecule has 2 rings (SSSR count). The lowest BCUT2D eigenvalue weighted by Gasteiger charge is -2.10. The second kappa shape index (κ2) is 3.63. The van der Waals surface area contributed by atoms with Crippen LogP contribution in [0.4, 0.5) is 0 Å². The molecule has 4 heteroatoms. The average Bonchev–Trinajstić information content (AvgIpc) is 2.53. The second-order valence-electron chi connectivity index (χ2n) is 3.97. The molecule has 0 saturated heterocycles. The van der Waals surface area contributed by atoms with Crippen LogP contribution in [0, 0.1) is 20.8 Å². The van der Waals surface area contributed by atoms with Gasteiger partial charge in [0.2, 0.25) is 5.43 Å². The Balaban J connectivity index is 3.10. The van der Waals surface area contributed by atoms with Crippen molar-refractivity contribution in [3.05, 3.63) is 26.4 Å². The number of hydrogen-bond acceptors (Lipinski definition) is 3. The van der Waals surface area contributed by atoms with Crippen molar-refractivity contribution < 1.29 is 5.11 Å².